The average molecular weight is 565 g/mol. The van der Waals surface area contributed by atoms with E-state index < -0.39 is 17.1 Å². The third-order valence-electron chi connectivity index (χ3n) is 7.47. The average Bonchev–Trinajstić information content (AvgIpc) is 3.61. The highest BCUT2D eigenvalue weighted by molar-refractivity contribution is 5.87. The number of hydrogen-bond acceptors (Lipinski definition) is 6. The fraction of sp³-hybridized carbons (Fsp3) is 0.303. The minimum atomic E-state index is -1.37. The lowest BCUT2D eigenvalue weighted by atomic mass is 9.95. The first-order valence-electron chi connectivity index (χ1n) is 14.1. The van der Waals surface area contributed by atoms with E-state index in [1.165, 1.54) is 0 Å². The van der Waals surface area contributed by atoms with Crippen LogP contribution in [0.15, 0.2) is 78.9 Å². The summed E-state index contributed by atoms with van der Waals surface area (Å²) < 4.78 is 1.71. The summed E-state index contributed by atoms with van der Waals surface area (Å²) in [6.45, 7) is 9.59. The van der Waals surface area contributed by atoms with E-state index in [9.17, 15) is 15.0 Å². The van der Waals surface area contributed by atoms with Crippen molar-refractivity contribution in [2.75, 3.05) is 0 Å². The second-order valence-electron chi connectivity index (χ2n) is 11.5. The van der Waals surface area contributed by atoms with Crippen molar-refractivity contribution in [1.29, 1.82) is 0 Å². The molecule has 0 unspecified atom stereocenters. The summed E-state index contributed by atoms with van der Waals surface area (Å²) in [4.78, 5) is 18.5. The highest BCUT2D eigenvalue weighted by Crippen LogP contribution is 2.32. The maximum absolute atomic E-state index is 12.3. The lowest BCUT2D eigenvalue weighted by Gasteiger charge is -2.23. The largest absolute Gasteiger partial charge is 0.477 e. The van der Waals surface area contributed by atoms with Crippen LogP contribution in [0.4, 0.5) is 0 Å². The molecule has 0 amide bonds. The van der Waals surface area contributed by atoms with Crippen molar-refractivity contribution in [2.24, 2.45) is 0 Å². The van der Waals surface area contributed by atoms with Gasteiger partial charge in [-0.2, -0.15) is 4.80 Å². The molecule has 0 saturated carbocycles. The molecule has 0 fully saturated rings. The van der Waals surface area contributed by atoms with Crippen molar-refractivity contribution in [3.05, 3.63) is 107 Å². The third kappa shape index (κ3) is 5.60. The van der Waals surface area contributed by atoms with E-state index in [-0.39, 0.29) is 11.4 Å². The van der Waals surface area contributed by atoms with E-state index in [2.05, 4.69) is 41.3 Å². The van der Waals surface area contributed by atoms with Gasteiger partial charge in [0.1, 0.15) is 22.7 Å². The monoisotopic (exact) mass is 564 g/mol. The molecule has 2 aromatic heterocycles. The van der Waals surface area contributed by atoms with Crippen molar-refractivity contribution in [3.8, 4) is 22.5 Å². The van der Waals surface area contributed by atoms with Crippen LogP contribution in [0.2, 0.25) is 0 Å². The number of imidazole rings is 1. The van der Waals surface area contributed by atoms with Gasteiger partial charge in [0.25, 0.3) is 0 Å². The first-order chi connectivity index (χ1) is 20.0. The molecule has 9 heteroatoms. The number of carboxylic acid groups (broad SMARTS) is 1. The van der Waals surface area contributed by atoms with Crippen LogP contribution in [0.25, 0.3) is 22.5 Å². The van der Waals surface area contributed by atoms with Gasteiger partial charge in [-0.1, -0.05) is 85.8 Å². The molecule has 5 rings (SSSR count). The summed E-state index contributed by atoms with van der Waals surface area (Å²) >= 11 is 0. The van der Waals surface area contributed by atoms with Gasteiger partial charge < -0.3 is 14.8 Å². The number of benzene rings is 3. The van der Waals surface area contributed by atoms with Crippen molar-refractivity contribution < 1.29 is 15.0 Å². The van der Waals surface area contributed by atoms with Gasteiger partial charge in [0.15, 0.2) is 5.69 Å². The number of tetrazole rings is 1. The lowest BCUT2D eigenvalue weighted by Crippen LogP contribution is -2.30. The zero-order valence-electron chi connectivity index (χ0n) is 24.6. The molecular formula is C33H36N6O3. The molecule has 216 valence electrons. The number of aromatic carboxylic acids is 1. The molecule has 0 aliphatic carbocycles. The molecule has 0 aliphatic heterocycles. The van der Waals surface area contributed by atoms with Crippen LogP contribution in [-0.4, -0.2) is 45.9 Å². The molecule has 0 aliphatic rings. The van der Waals surface area contributed by atoms with E-state index in [4.69, 9.17) is 5.10 Å². The van der Waals surface area contributed by atoms with E-state index in [1.54, 1.807) is 23.2 Å². The van der Waals surface area contributed by atoms with Crippen LogP contribution in [0.3, 0.4) is 0 Å². The number of aromatic nitrogens is 6. The number of aliphatic hydroxyl groups is 1. The molecule has 0 spiro atoms. The van der Waals surface area contributed by atoms with Crippen LogP contribution in [0.5, 0.6) is 0 Å². The summed E-state index contributed by atoms with van der Waals surface area (Å²) in [5, 5.41) is 34.2. The van der Waals surface area contributed by atoms with Crippen molar-refractivity contribution in [3.63, 3.8) is 0 Å². The van der Waals surface area contributed by atoms with Gasteiger partial charge in [0, 0.05) is 18.5 Å². The second kappa shape index (κ2) is 11.3. The first-order valence-corrected chi connectivity index (χ1v) is 14.1. The van der Waals surface area contributed by atoms with Gasteiger partial charge in [0.2, 0.25) is 5.82 Å². The van der Waals surface area contributed by atoms with Gasteiger partial charge in [-0.25, -0.2) is 9.78 Å². The Morgan fingerprint density at radius 3 is 2.14 bits per heavy atom. The van der Waals surface area contributed by atoms with Crippen LogP contribution < -0.4 is 0 Å². The molecule has 5 aromatic rings. The number of rotatable bonds is 10. The molecule has 2 N–H and O–H groups in total. The van der Waals surface area contributed by atoms with Crippen LogP contribution in [-0.2, 0) is 24.1 Å². The summed E-state index contributed by atoms with van der Waals surface area (Å²) in [5.74, 6) is 0.0732. The second-order valence-corrected chi connectivity index (χ2v) is 11.5. The summed E-state index contributed by atoms with van der Waals surface area (Å²) in [6, 6.07) is 26.0. The molecular weight excluding hydrogens is 528 g/mol. The number of carbonyl (C=O) groups is 1. The standard InChI is InChI=1S/C33H36N6O3/c1-6-12-27-34-29(33(4,5)42)28(31(40)41)38(27)21-22-17-19-23(20-18-22)25-15-10-11-16-26(25)30-35-37-39(36-30)32(2,3)24-13-8-7-9-14-24/h7-11,13-20,42H,6,12,21H2,1-5H3,(H,40,41). The number of aryl methyl sites for hydroxylation is 1. The quantitative estimate of drug-likeness (QED) is 0.216. The van der Waals surface area contributed by atoms with Crippen LogP contribution in [0, 0.1) is 0 Å². The van der Waals surface area contributed by atoms with Gasteiger partial charge >= 0.3 is 5.97 Å². The fourth-order valence-electron chi connectivity index (χ4n) is 5.15. The molecule has 0 saturated heterocycles. The van der Waals surface area contributed by atoms with Gasteiger partial charge in [0.05, 0.1) is 0 Å². The van der Waals surface area contributed by atoms with E-state index >= 15 is 0 Å². The number of nitrogens with zero attached hydrogens (tertiary/aromatic N) is 6. The normalized spacial score (nSPS) is 12.0. The Labute approximate surface area is 245 Å². The topological polar surface area (TPSA) is 119 Å². The SMILES string of the molecule is CCCc1nc(C(C)(C)O)c(C(=O)O)n1Cc1ccc(-c2ccccc2-c2nnn(C(C)(C)c3ccccc3)n2)cc1. The Hall–Kier alpha value is -4.63. The fourth-order valence-corrected chi connectivity index (χ4v) is 5.15. The van der Waals surface area contributed by atoms with E-state index in [1.807, 2.05) is 73.7 Å². The molecule has 2 heterocycles. The third-order valence-corrected chi connectivity index (χ3v) is 7.47. The summed E-state index contributed by atoms with van der Waals surface area (Å²) in [5.41, 5.74) is 3.15. The highest BCUT2D eigenvalue weighted by atomic mass is 16.4. The van der Waals surface area contributed by atoms with E-state index in [0.717, 1.165) is 34.2 Å². The van der Waals surface area contributed by atoms with Gasteiger partial charge in [-0.05, 0) is 61.6 Å². The van der Waals surface area contributed by atoms with Gasteiger partial charge in [-0.15, -0.1) is 10.2 Å². The molecule has 0 atom stereocenters. The smallest absolute Gasteiger partial charge is 0.354 e. The molecule has 0 radical (unpaired) electrons. The first kappa shape index (κ1) is 28.9. The molecule has 0 bridgehead atoms. The van der Waals surface area contributed by atoms with E-state index in [0.29, 0.717) is 24.6 Å². The zero-order chi connectivity index (χ0) is 30.1. The minimum Gasteiger partial charge on any atom is -0.477 e. The summed E-state index contributed by atoms with van der Waals surface area (Å²) in [7, 11) is 0. The zero-order valence-corrected chi connectivity index (χ0v) is 24.6. The highest BCUT2D eigenvalue weighted by Gasteiger charge is 2.31. The molecule has 42 heavy (non-hydrogen) atoms. The van der Waals surface area contributed by atoms with Gasteiger partial charge in [-0.3, -0.25) is 0 Å². The Kier molecular flexibility index (Phi) is 7.79. The maximum atomic E-state index is 12.3. The Balaban J connectivity index is 1.46. The predicted molar refractivity (Wildman–Crippen MR) is 161 cm³/mol. The molecule has 3 aromatic carbocycles. The Morgan fingerprint density at radius 2 is 1.52 bits per heavy atom. The summed E-state index contributed by atoms with van der Waals surface area (Å²) in [6.07, 6.45) is 1.41. The Bertz CT molecular complexity index is 1700. The Morgan fingerprint density at radius 1 is 0.881 bits per heavy atom. The predicted octanol–water partition coefficient (Wildman–Crippen LogP) is 5.91. The maximum Gasteiger partial charge on any atom is 0.354 e. The number of carboxylic acids is 1. The van der Waals surface area contributed by atoms with Crippen LogP contribution >= 0.6 is 0 Å². The lowest BCUT2D eigenvalue weighted by molar-refractivity contribution is 0.0602. The number of hydrogen-bond donors (Lipinski definition) is 2. The van der Waals surface area contributed by atoms with Crippen molar-refractivity contribution >= 4 is 5.97 Å². The van der Waals surface area contributed by atoms with Crippen molar-refractivity contribution in [2.45, 2.75) is 65.1 Å². The van der Waals surface area contributed by atoms with Crippen molar-refractivity contribution in [1.82, 2.24) is 29.8 Å². The van der Waals surface area contributed by atoms with Crippen LogP contribution in [0.1, 0.15) is 74.2 Å². The minimum absolute atomic E-state index is 0.0213. The molecule has 9 nitrogen and oxygen atoms in total.